The molecule has 0 heterocycles. The fourth-order valence-corrected chi connectivity index (χ4v) is 3.17. The van der Waals surface area contributed by atoms with E-state index in [4.69, 9.17) is 23.8 Å². The van der Waals surface area contributed by atoms with E-state index in [0.717, 1.165) is 15.2 Å². The number of rotatable bonds is 2. The molecule has 24 heavy (non-hydrogen) atoms. The van der Waals surface area contributed by atoms with Crippen LogP contribution in [0.3, 0.4) is 0 Å². The lowest BCUT2D eigenvalue weighted by atomic mass is 10.1. The van der Waals surface area contributed by atoms with Crippen LogP contribution in [0.5, 0.6) is 0 Å². The molecule has 0 spiro atoms. The maximum absolute atomic E-state index is 12.3. The number of nitrogens with one attached hydrogen (secondary N) is 2. The van der Waals surface area contributed by atoms with Gasteiger partial charge in [-0.15, -0.1) is 0 Å². The van der Waals surface area contributed by atoms with Crippen molar-refractivity contribution in [2.75, 3.05) is 5.32 Å². The predicted octanol–water partition coefficient (Wildman–Crippen LogP) is 5.38. The molecule has 0 fully saturated rings. The van der Waals surface area contributed by atoms with Crippen LogP contribution in [0.25, 0.3) is 10.8 Å². The minimum atomic E-state index is -0.272. The number of carbonyl (C=O) groups excluding carboxylic acids is 1. The van der Waals surface area contributed by atoms with Gasteiger partial charge in [-0.05, 0) is 53.3 Å². The molecule has 0 saturated carbocycles. The highest BCUT2D eigenvalue weighted by atomic mass is 79.9. The Morgan fingerprint density at radius 2 is 1.75 bits per heavy atom. The molecule has 3 rings (SSSR count). The number of amides is 1. The Balaban J connectivity index is 1.72. The third-order valence-corrected chi connectivity index (χ3v) is 4.43. The minimum Gasteiger partial charge on any atom is -0.331 e. The maximum Gasteiger partial charge on any atom is 0.257 e. The summed E-state index contributed by atoms with van der Waals surface area (Å²) in [4.78, 5) is 12.3. The predicted molar refractivity (Wildman–Crippen MR) is 107 cm³/mol. The number of fused-ring (bicyclic) bond motifs is 1. The average molecular weight is 420 g/mol. The summed E-state index contributed by atoms with van der Waals surface area (Å²) >= 11 is 14.7. The zero-order valence-electron chi connectivity index (χ0n) is 12.3. The molecule has 0 aromatic heterocycles. The van der Waals surface area contributed by atoms with E-state index < -0.39 is 0 Å². The topological polar surface area (TPSA) is 41.1 Å². The number of anilines is 1. The van der Waals surface area contributed by atoms with E-state index in [2.05, 4.69) is 26.6 Å². The van der Waals surface area contributed by atoms with Gasteiger partial charge in [0.25, 0.3) is 5.91 Å². The van der Waals surface area contributed by atoms with Gasteiger partial charge in [-0.3, -0.25) is 10.1 Å². The van der Waals surface area contributed by atoms with E-state index in [1.54, 1.807) is 18.2 Å². The van der Waals surface area contributed by atoms with Crippen LogP contribution in [0, 0.1) is 0 Å². The van der Waals surface area contributed by atoms with E-state index in [-0.39, 0.29) is 11.0 Å². The second-order valence-corrected chi connectivity index (χ2v) is 6.83. The minimum absolute atomic E-state index is 0.192. The van der Waals surface area contributed by atoms with Gasteiger partial charge in [0.15, 0.2) is 5.11 Å². The van der Waals surface area contributed by atoms with Gasteiger partial charge in [0.1, 0.15) is 0 Å². The normalized spacial score (nSPS) is 10.4. The molecule has 0 bridgehead atoms. The molecular formula is C18H12BrClN2OS. The number of carbonyl (C=O) groups is 1. The zero-order valence-corrected chi connectivity index (χ0v) is 15.5. The van der Waals surface area contributed by atoms with Crippen molar-refractivity contribution >= 4 is 67.2 Å². The summed E-state index contributed by atoms with van der Waals surface area (Å²) in [6.07, 6.45) is 0. The first kappa shape index (κ1) is 16.9. The van der Waals surface area contributed by atoms with Crippen molar-refractivity contribution in [2.45, 2.75) is 0 Å². The molecule has 0 aliphatic heterocycles. The molecule has 120 valence electrons. The number of thiocarbonyl (C=S) groups is 1. The Kier molecular flexibility index (Phi) is 5.14. The van der Waals surface area contributed by atoms with Crippen LogP contribution in [0.15, 0.2) is 65.1 Å². The molecule has 0 unspecified atom stereocenters. The Hall–Kier alpha value is -1.95. The number of hydrogen-bond donors (Lipinski definition) is 2. The second-order valence-electron chi connectivity index (χ2n) is 5.09. The molecular weight excluding hydrogens is 408 g/mol. The first-order chi connectivity index (χ1) is 11.5. The third kappa shape index (κ3) is 3.93. The molecule has 3 nitrogen and oxygen atoms in total. The Labute approximate surface area is 158 Å². The van der Waals surface area contributed by atoms with Gasteiger partial charge in [-0.1, -0.05) is 57.9 Å². The summed E-state index contributed by atoms with van der Waals surface area (Å²) in [7, 11) is 0. The maximum atomic E-state index is 12.3. The highest BCUT2D eigenvalue weighted by Gasteiger charge is 2.10. The van der Waals surface area contributed by atoms with Gasteiger partial charge in [0.05, 0.1) is 10.7 Å². The molecule has 2 N–H and O–H groups in total. The molecule has 0 atom stereocenters. The quantitative estimate of drug-likeness (QED) is 0.548. The number of benzene rings is 3. The van der Waals surface area contributed by atoms with Gasteiger partial charge in [0, 0.05) is 10.0 Å². The van der Waals surface area contributed by atoms with E-state index in [1.807, 2.05) is 42.5 Å². The Morgan fingerprint density at radius 1 is 1.00 bits per heavy atom. The van der Waals surface area contributed by atoms with Crippen LogP contribution in [-0.2, 0) is 0 Å². The van der Waals surface area contributed by atoms with Gasteiger partial charge in [-0.2, -0.15) is 0 Å². The summed E-state index contributed by atoms with van der Waals surface area (Å²) < 4.78 is 0.865. The lowest BCUT2D eigenvalue weighted by Gasteiger charge is -2.11. The molecule has 1 amide bonds. The smallest absolute Gasteiger partial charge is 0.257 e. The average Bonchev–Trinajstić information content (AvgIpc) is 2.57. The van der Waals surface area contributed by atoms with Gasteiger partial charge in [0.2, 0.25) is 0 Å². The first-order valence-corrected chi connectivity index (χ1v) is 8.67. The lowest BCUT2D eigenvalue weighted by molar-refractivity contribution is 0.0978. The van der Waals surface area contributed by atoms with E-state index in [9.17, 15) is 4.79 Å². The van der Waals surface area contributed by atoms with Crippen molar-refractivity contribution in [3.05, 3.63) is 75.7 Å². The molecule has 3 aromatic carbocycles. The van der Waals surface area contributed by atoms with Crippen molar-refractivity contribution in [1.82, 2.24) is 5.32 Å². The lowest BCUT2D eigenvalue weighted by Crippen LogP contribution is -2.34. The first-order valence-electron chi connectivity index (χ1n) is 7.09. The Bertz CT molecular complexity index is 945. The van der Waals surface area contributed by atoms with Crippen LogP contribution in [0.4, 0.5) is 5.69 Å². The van der Waals surface area contributed by atoms with Crippen LogP contribution < -0.4 is 10.6 Å². The van der Waals surface area contributed by atoms with Crippen molar-refractivity contribution in [3.8, 4) is 0 Å². The summed E-state index contributed by atoms with van der Waals surface area (Å²) in [6, 6.07) is 18.7. The summed E-state index contributed by atoms with van der Waals surface area (Å²) in [5.41, 5.74) is 1.17. The third-order valence-electron chi connectivity index (χ3n) is 3.42. The second kappa shape index (κ2) is 7.30. The molecule has 0 radical (unpaired) electrons. The standard InChI is InChI=1S/C18H12BrClN2OS/c19-14-7-8-16(15(20)10-14)21-18(24)22-17(23)13-6-5-11-3-1-2-4-12(11)9-13/h1-10H,(H2,21,22,23,24). The SMILES string of the molecule is O=C(NC(=S)Nc1ccc(Br)cc1Cl)c1ccc2ccccc2c1. The molecule has 0 aliphatic carbocycles. The number of halogens is 2. The van der Waals surface area contributed by atoms with Crippen molar-refractivity contribution < 1.29 is 4.79 Å². The van der Waals surface area contributed by atoms with Crippen LogP contribution in [0.2, 0.25) is 5.02 Å². The highest BCUT2D eigenvalue weighted by Crippen LogP contribution is 2.25. The number of hydrogen-bond acceptors (Lipinski definition) is 2. The fourth-order valence-electron chi connectivity index (χ4n) is 2.25. The van der Waals surface area contributed by atoms with Crippen molar-refractivity contribution in [2.24, 2.45) is 0 Å². The van der Waals surface area contributed by atoms with E-state index in [1.165, 1.54) is 0 Å². The van der Waals surface area contributed by atoms with E-state index in [0.29, 0.717) is 16.3 Å². The van der Waals surface area contributed by atoms with Crippen LogP contribution in [-0.4, -0.2) is 11.0 Å². The monoisotopic (exact) mass is 418 g/mol. The fraction of sp³-hybridized carbons (Fsp3) is 0. The Morgan fingerprint density at radius 3 is 2.50 bits per heavy atom. The van der Waals surface area contributed by atoms with Crippen LogP contribution in [0.1, 0.15) is 10.4 Å². The zero-order chi connectivity index (χ0) is 17.1. The largest absolute Gasteiger partial charge is 0.331 e. The summed E-state index contributed by atoms with van der Waals surface area (Å²) in [6.45, 7) is 0. The molecule has 0 aliphatic rings. The molecule has 0 saturated heterocycles. The van der Waals surface area contributed by atoms with Crippen molar-refractivity contribution in [1.29, 1.82) is 0 Å². The molecule has 3 aromatic rings. The van der Waals surface area contributed by atoms with E-state index >= 15 is 0 Å². The summed E-state index contributed by atoms with van der Waals surface area (Å²) in [5, 5.41) is 8.36. The van der Waals surface area contributed by atoms with Gasteiger partial charge >= 0.3 is 0 Å². The van der Waals surface area contributed by atoms with Gasteiger partial charge < -0.3 is 5.32 Å². The molecule has 6 heteroatoms. The van der Waals surface area contributed by atoms with Crippen LogP contribution >= 0.6 is 39.7 Å². The highest BCUT2D eigenvalue weighted by molar-refractivity contribution is 9.10. The van der Waals surface area contributed by atoms with Gasteiger partial charge in [-0.25, -0.2) is 0 Å². The summed E-state index contributed by atoms with van der Waals surface area (Å²) in [5.74, 6) is -0.272. The van der Waals surface area contributed by atoms with Crippen molar-refractivity contribution in [3.63, 3.8) is 0 Å².